The van der Waals surface area contributed by atoms with Crippen molar-refractivity contribution in [3.05, 3.63) is 29.8 Å². The number of benzene rings is 1. The number of amides is 2. The van der Waals surface area contributed by atoms with Gasteiger partial charge in [0.05, 0.1) is 11.4 Å². The molecule has 7 nitrogen and oxygen atoms in total. The molecule has 0 bridgehead atoms. The van der Waals surface area contributed by atoms with Crippen LogP contribution in [0.1, 0.15) is 12.0 Å². The van der Waals surface area contributed by atoms with E-state index in [1.54, 1.807) is 26.2 Å². The molecule has 8 heteroatoms. The third-order valence-electron chi connectivity index (χ3n) is 2.91. The van der Waals surface area contributed by atoms with Crippen molar-refractivity contribution >= 4 is 21.8 Å². The van der Waals surface area contributed by atoms with E-state index in [0.717, 1.165) is 5.56 Å². The lowest BCUT2D eigenvalue weighted by Gasteiger charge is -2.11. The van der Waals surface area contributed by atoms with Crippen LogP contribution in [0.25, 0.3) is 0 Å². The van der Waals surface area contributed by atoms with Gasteiger partial charge in [0.25, 0.3) is 0 Å². The van der Waals surface area contributed by atoms with E-state index in [1.807, 2.05) is 6.92 Å². The standard InChI is InChI=1S/C14H21N3O4S/c1-11-4-6-12(7-5-11)22(20,21)16-9-8-13(18)15-10-14(19)17(2)3/h4-7,16H,8-10H2,1-3H3,(H,15,18). The molecule has 0 aliphatic rings. The van der Waals surface area contributed by atoms with Gasteiger partial charge in [0.1, 0.15) is 0 Å². The summed E-state index contributed by atoms with van der Waals surface area (Å²) >= 11 is 0. The molecule has 0 aliphatic carbocycles. The average Bonchev–Trinajstić information content (AvgIpc) is 2.44. The smallest absolute Gasteiger partial charge is 0.241 e. The van der Waals surface area contributed by atoms with Gasteiger partial charge in [-0.25, -0.2) is 13.1 Å². The summed E-state index contributed by atoms with van der Waals surface area (Å²) in [5.41, 5.74) is 0.962. The fourth-order valence-electron chi connectivity index (χ4n) is 1.52. The van der Waals surface area contributed by atoms with Crippen LogP contribution in [-0.4, -0.2) is 52.3 Å². The topological polar surface area (TPSA) is 95.6 Å². The van der Waals surface area contributed by atoms with E-state index >= 15 is 0 Å². The van der Waals surface area contributed by atoms with Gasteiger partial charge in [-0.3, -0.25) is 9.59 Å². The Balaban J connectivity index is 2.41. The lowest BCUT2D eigenvalue weighted by Crippen LogP contribution is -2.37. The average molecular weight is 327 g/mol. The minimum atomic E-state index is -3.62. The molecule has 2 N–H and O–H groups in total. The molecular weight excluding hydrogens is 306 g/mol. The highest BCUT2D eigenvalue weighted by Crippen LogP contribution is 2.09. The number of nitrogens with one attached hydrogen (secondary N) is 2. The molecule has 0 saturated heterocycles. The van der Waals surface area contributed by atoms with Crippen LogP contribution < -0.4 is 10.0 Å². The Bertz CT molecular complexity index is 624. The summed E-state index contributed by atoms with van der Waals surface area (Å²) in [5, 5.41) is 2.43. The Hall–Kier alpha value is -1.93. The summed E-state index contributed by atoms with van der Waals surface area (Å²) in [6.45, 7) is 1.73. The second-order valence-electron chi connectivity index (χ2n) is 5.03. The van der Waals surface area contributed by atoms with Crippen molar-refractivity contribution < 1.29 is 18.0 Å². The molecule has 0 heterocycles. The molecule has 0 unspecified atom stereocenters. The zero-order valence-corrected chi connectivity index (χ0v) is 13.7. The Morgan fingerprint density at radius 3 is 2.27 bits per heavy atom. The number of nitrogens with zero attached hydrogens (tertiary/aromatic N) is 1. The molecule has 0 atom stereocenters. The molecule has 0 aliphatic heterocycles. The number of likely N-dealkylation sites (N-methyl/N-ethyl adjacent to an activating group) is 1. The first-order valence-corrected chi connectivity index (χ1v) is 8.24. The zero-order valence-electron chi connectivity index (χ0n) is 12.9. The molecular formula is C14H21N3O4S. The molecule has 122 valence electrons. The van der Waals surface area contributed by atoms with E-state index in [0.29, 0.717) is 0 Å². The van der Waals surface area contributed by atoms with Crippen LogP contribution >= 0.6 is 0 Å². The number of rotatable bonds is 7. The molecule has 0 fully saturated rings. The summed E-state index contributed by atoms with van der Waals surface area (Å²) in [6, 6.07) is 6.42. The van der Waals surface area contributed by atoms with E-state index < -0.39 is 10.0 Å². The molecule has 22 heavy (non-hydrogen) atoms. The minimum Gasteiger partial charge on any atom is -0.347 e. The summed E-state index contributed by atoms with van der Waals surface area (Å²) in [7, 11) is -0.448. The maximum Gasteiger partial charge on any atom is 0.241 e. The predicted molar refractivity (Wildman–Crippen MR) is 82.7 cm³/mol. The summed E-state index contributed by atoms with van der Waals surface area (Å²) < 4.78 is 26.3. The predicted octanol–water partition coefficient (Wildman–Crippen LogP) is -0.132. The lowest BCUT2D eigenvalue weighted by atomic mass is 10.2. The van der Waals surface area contributed by atoms with Crippen molar-refractivity contribution in [3.8, 4) is 0 Å². The first kappa shape index (κ1) is 18.1. The van der Waals surface area contributed by atoms with Crippen LogP contribution in [0.15, 0.2) is 29.2 Å². The minimum absolute atomic E-state index is 0.0296. The van der Waals surface area contributed by atoms with Crippen LogP contribution in [0.5, 0.6) is 0 Å². The fourth-order valence-corrected chi connectivity index (χ4v) is 2.55. The third kappa shape index (κ3) is 5.82. The molecule has 0 spiro atoms. The highest BCUT2D eigenvalue weighted by molar-refractivity contribution is 7.89. The van der Waals surface area contributed by atoms with Gasteiger partial charge in [-0.15, -0.1) is 0 Å². The third-order valence-corrected chi connectivity index (χ3v) is 4.39. The second-order valence-corrected chi connectivity index (χ2v) is 6.79. The first-order valence-electron chi connectivity index (χ1n) is 6.75. The van der Waals surface area contributed by atoms with E-state index in [1.165, 1.54) is 17.0 Å². The number of carbonyl (C=O) groups excluding carboxylic acids is 2. The number of carbonyl (C=O) groups is 2. The van der Waals surface area contributed by atoms with E-state index in [4.69, 9.17) is 0 Å². The van der Waals surface area contributed by atoms with E-state index in [9.17, 15) is 18.0 Å². The molecule has 0 aromatic heterocycles. The van der Waals surface area contributed by atoms with Gasteiger partial charge in [0, 0.05) is 27.1 Å². The van der Waals surface area contributed by atoms with Crippen molar-refractivity contribution in [1.29, 1.82) is 0 Å². The summed E-state index contributed by atoms with van der Waals surface area (Å²) in [5.74, 6) is -0.615. The fraction of sp³-hybridized carbons (Fsp3) is 0.429. The van der Waals surface area contributed by atoms with Gasteiger partial charge in [-0.1, -0.05) is 17.7 Å². The maximum atomic E-state index is 12.0. The van der Waals surface area contributed by atoms with Crippen molar-refractivity contribution in [2.24, 2.45) is 0 Å². The monoisotopic (exact) mass is 327 g/mol. The highest BCUT2D eigenvalue weighted by atomic mass is 32.2. The molecule has 0 saturated carbocycles. The molecule has 1 aromatic carbocycles. The van der Waals surface area contributed by atoms with E-state index in [-0.39, 0.29) is 36.2 Å². The van der Waals surface area contributed by atoms with Crippen molar-refractivity contribution in [1.82, 2.24) is 14.9 Å². The second kappa shape index (κ2) is 7.90. The summed E-state index contributed by atoms with van der Waals surface area (Å²) in [6.07, 6.45) is -0.0359. The number of aryl methyl sites for hydroxylation is 1. The quantitative estimate of drug-likeness (QED) is 0.729. The molecule has 1 rings (SSSR count). The van der Waals surface area contributed by atoms with Crippen LogP contribution in [0.3, 0.4) is 0 Å². The Kier molecular flexibility index (Phi) is 6.51. The molecule has 0 radical (unpaired) electrons. The SMILES string of the molecule is Cc1ccc(S(=O)(=O)NCCC(=O)NCC(=O)N(C)C)cc1. The zero-order chi connectivity index (χ0) is 16.8. The van der Waals surface area contributed by atoms with Gasteiger partial charge < -0.3 is 10.2 Å². The van der Waals surface area contributed by atoms with E-state index in [2.05, 4.69) is 10.0 Å². The first-order chi connectivity index (χ1) is 10.2. The Morgan fingerprint density at radius 1 is 1.14 bits per heavy atom. The van der Waals surface area contributed by atoms with Crippen molar-refractivity contribution in [2.75, 3.05) is 27.2 Å². The summed E-state index contributed by atoms with van der Waals surface area (Å²) in [4.78, 5) is 24.3. The number of hydrogen-bond acceptors (Lipinski definition) is 4. The van der Waals surface area contributed by atoms with Gasteiger partial charge in [-0.2, -0.15) is 0 Å². The van der Waals surface area contributed by atoms with Gasteiger partial charge in [0.15, 0.2) is 0 Å². The maximum absolute atomic E-state index is 12.0. The molecule has 1 aromatic rings. The number of sulfonamides is 1. The highest BCUT2D eigenvalue weighted by Gasteiger charge is 2.14. The largest absolute Gasteiger partial charge is 0.347 e. The van der Waals surface area contributed by atoms with Crippen LogP contribution in [0.4, 0.5) is 0 Å². The van der Waals surface area contributed by atoms with Crippen LogP contribution in [0.2, 0.25) is 0 Å². The van der Waals surface area contributed by atoms with Crippen molar-refractivity contribution in [2.45, 2.75) is 18.2 Å². The Labute approximate surface area is 130 Å². The number of hydrogen-bond donors (Lipinski definition) is 2. The molecule has 2 amide bonds. The van der Waals surface area contributed by atoms with Gasteiger partial charge >= 0.3 is 0 Å². The normalized spacial score (nSPS) is 11.0. The van der Waals surface area contributed by atoms with Crippen molar-refractivity contribution in [3.63, 3.8) is 0 Å². The Morgan fingerprint density at radius 2 is 1.73 bits per heavy atom. The lowest BCUT2D eigenvalue weighted by molar-refractivity contribution is -0.130. The van der Waals surface area contributed by atoms with Crippen LogP contribution in [-0.2, 0) is 19.6 Å². The van der Waals surface area contributed by atoms with Gasteiger partial charge in [-0.05, 0) is 19.1 Å². The van der Waals surface area contributed by atoms with Crippen LogP contribution in [0, 0.1) is 6.92 Å². The van der Waals surface area contributed by atoms with Gasteiger partial charge in [0.2, 0.25) is 21.8 Å².